The number of hydrogen-bond donors (Lipinski definition) is 1. The smallest absolute Gasteiger partial charge is 0.248 e. The Morgan fingerprint density at radius 3 is 2.33 bits per heavy atom. The Balaban J connectivity index is 2.17. The molecular weight excluding hydrogens is 458 g/mol. The molecule has 3 fully saturated rings. The first-order chi connectivity index (χ1) is 17.1. The van der Waals surface area contributed by atoms with Crippen molar-refractivity contribution in [2.24, 2.45) is 11.8 Å². The van der Waals surface area contributed by atoms with Gasteiger partial charge in [0.25, 0.3) is 0 Å². The first-order valence-corrected chi connectivity index (χ1v) is 13.6. The first kappa shape index (κ1) is 28.4. The lowest BCUT2D eigenvalue weighted by Crippen LogP contribution is -2.59. The van der Waals surface area contributed by atoms with Gasteiger partial charge in [-0.25, -0.2) is 0 Å². The zero-order valence-electron chi connectivity index (χ0n) is 22.7. The number of ether oxygens (including phenoxy) is 1. The second-order valence-corrected chi connectivity index (χ2v) is 10.8. The van der Waals surface area contributed by atoms with Crippen LogP contribution in [0.2, 0.25) is 0 Å². The van der Waals surface area contributed by atoms with E-state index in [1.807, 2.05) is 34.6 Å². The molecule has 3 aliphatic rings. The van der Waals surface area contributed by atoms with E-state index in [2.05, 4.69) is 13.2 Å². The highest BCUT2D eigenvalue weighted by atomic mass is 16.5. The average Bonchev–Trinajstić information content (AvgIpc) is 3.46. The Morgan fingerprint density at radius 2 is 1.83 bits per heavy atom. The molecule has 8 nitrogen and oxygen atoms in total. The van der Waals surface area contributed by atoms with Crippen molar-refractivity contribution in [3.8, 4) is 0 Å². The molecule has 202 valence electrons. The maximum atomic E-state index is 14.3. The van der Waals surface area contributed by atoms with Gasteiger partial charge in [-0.1, -0.05) is 32.9 Å². The van der Waals surface area contributed by atoms with Crippen molar-refractivity contribution in [1.82, 2.24) is 14.7 Å². The molecule has 3 aliphatic heterocycles. The molecule has 8 heteroatoms. The van der Waals surface area contributed by atoms with Gasteiger partial charge < -0.3 is 24.5 Å². The van der Waals surface area contributed by atoms with E-state index in [1.54, 1.807) is 26.9 Å². The molecule has 3 saturated heterocycles. The predicted octanol–water partition coefficient (Wildman–Crippen LogP) is 2.76. The lowest BCUT2D eigenvalue weighted by Gasteiger charge is -2.40. The normalized spacial score (nSPS) is 31.5. The molecule has 0 aliphatic carbocycles. The van der Waals surface area contributed by atoms with E-state index in [-0.39, 0.29) is 30.4 Å². The first-order valence-electron chi connectivity index (χ1n) is 13.6. The summed E-state index contributed by atoms with van der Waals surface area (Å²) in [6.45, 7) is 18.5. The summed E-state index contributed by atoms with van der Waals surface area (Å²) in [6.07, 6.45) is 6.41. The van der Waals surface area contributed by atoms with Crippen LogP contribution in [0.1, 0.15) is 66.7 Å². The van der Waals surface area contributed by atoms with Crippen molar-refractivity contribution in [1.29, 1.82) is 0 Å². The van der Waals surface area contributed by atoms with Crippen molar-refractivity contribution < 1.29 is 24.2 Å². The largest absolute Gasteiger partial charge is 0.394 e. The summed E-state index contributed by atoms with van der Waals surface area (Å²) in [5, 5.41) is 10.2. The number of fused-ring (bicyclic) bond motifs is 1. The minimum Gasteiger partial charge on any atom is -0.394 e. The van der Waals surface area contributed by atoms with Crippen molar-refractivity contribution in [2.75, 3.05) is 26.2 Å². The van der Waals surface area contributed by atoms with Gasteiger partial charge in [-0.15, -0.1) is 13.2 Å². The monoisotopic (exact) mass is 503 g/mol. The molecule has 0 aromatic heterocycles. The number of aliphatic hydroxyl groups is 1. The number of rotatable bonds is 13. The van der Waals surface area contributed by atoms with Crippen LogP contribution < -0.4 is 0 Å². The number of hydrogen-bond acceptors (Lipinski definition) is 5. The highest BCUT2D eigenvalue weighted by Crippen LogP contribution is 2.65. The fourth-order valence-corrected chi connectivity index (χ4v) is 6.88. The molecule has 3 heterocycles. The van der Waals surface area contributed by atoms with Crippen LogP contribution in [0.5, 0.6) is 0 Å². The summed E-state index contributed by atoms with van der Waals surface area (Å²) in [7, 11) is 0. The number of carbonyl (C=O) groups is 3. The van der Waals surface area contributed by atoms with Crippen molar-refractivity contribution in [3.63, 3.8) is 0 Å². The van der Waals surface area contributed by atoms with E-state index in [4.69, 9.17) is 4.74 Å². The Bertz CT molecular complexity index is 871. The molecule has 0 saturated carbocycles. The lowest BCUT2D eigenvalue weighted by atomic mass is 9.64. The molecule has 6 atom stereocenters. The molecule has 1 spiro atoms. The van der Waals surface area contributed by atoms with Gasteiger partial charge in [0.15, 0.2) is 0 Å². The van der Waals surface area contributed by atoms with E-state index in [9.17, 15) is 19.5 Å². The van der Waals surface area contributed by atoms with Crippen LogP contribution in [0.3, 0.4) is 0 Å². The SMILES string of the molecule is C=CCN(CCC)C(=O)[C@H]1[C@H]2C(=O)N([C@@H](CC)CO)C(C(=O)N(CC=C)C(C)C)C23CC[C@]1(CC)O3. The number of amides is 3. The quantitative estimate of drug-likeness (QED) is 0.391. The third-order valence-corrected chi connectivity index (χ3v) is 8.58. The van der Waals surface area contributed by atoms with Gasteiger partial charge in [-0.2, -0.15) is 0 Å². The summed E-state index contributed by atoms with van der Waals surface area (Å²) in [6, 6.07) is -1.53. The highest BCUT2D eigenvalue weighted by molar-refractivity contribution is 5.99. The van der Waals surface area contributed by atoms with Crippen molar-refractivity contribution >= 4 is 17.7 Å². The Labute approximate surface area is 216 Å². The number of aliphatic hydroxyl groups excluding tert-OH is 1. The summed E-state index contributed by atoms with van der Waals surface area (Å²) >= 11 is 0. The number of nitrogens with zero attached hydrogens (tertiary/aromatic N) is 3. The summed E-state index contributed by atoms with van der Waals surface area (Å²) in [5.41, 5.74) is -1.87. The van der Waals surface area contributed by atoms with Crippen LogP contribution in [0.15, 0.2) is 25.3 Å². The Hall–Kier alpha value is -2.19. The minimum absolute atomic E-state index is 0.101. The third kappa shape index (κ3) is 4.20. The predicted molar refractivity (Wildman–Crippen MR) is 139 cm³/mol. The fourth-order valence-electron chi connectivity index (χ4n) is 6.88. The number of carbonyl (C=O) groups excluding carboxylic acids is 3. The van der Waals surface area contributed by atoms with Crippen molar-refractivity contribution in [3.05, 3.63) is 25.3 Å². The van der Waals surface area contributed by atoms with Crippen LogP contribution in [0.4, 0.5) is 0 Å². The van der Waals surface area contributed by atoms with Gasteiger partial charge in [0.1, 0.15) is 11.6 Å². The van der Waals surface area contributed by atoms with Crippen LogP contribution >= 0.6 is 0 Å². The summed E-state index contributed by atoms with van der Waals surface area (Å²) < 4.78 is 6.85. The molecule has 3 amide bonds. The van der Waals surface area contributed by atoms with E-state index in [0.29, 0.717) is 45.3 Å². The topological polar surface area (TPSA) is 90.4 Å². The maximum Gasteiger partial charge on any atom is 0.248 e. The summed E-state index contributed by atoms with van der Waals surface area (Å²) in [5.74, 6) is -1.98. The lowest BCUT2D eigenvalue weighted by molar-refractivity contribution is -0.158. The molecule has 0 aromatic carbocycles. The zero-order chi connectivity index (χ0) is 26.8. The highest BCUT2D eigenvalue weighted by Gasteiger charge is 2.79. The van der Waals surface area contributed by atoms with E-state index in [1.165, 1.54) is 0 Å². The molecule has 2 unspecified atom stereocenters. The Kier molecular flexibility index (Phi) is 8.71. The average molecular weight is 504 g/mol. The second-order valence-electron chi connectivity index (χ2n) is 10.8. The van der Waals surface area contributed by atoms with Gasteiger partial charge >= 0.3 is 0 Å². The van der Waals surface area contributed by atoms with Gasteiger partial charge in [-0.3, -0.25) is 14.4 Å². The number of likely N-dealkylation sites (tertiary alicyclic amines) is 1. The van der Waals surface area contributed by atoms with Gasteiger partial charge in [0.05, 0.1) is 30.1 Å². The zero-order valence-corrected chi connectivity index (χ0v) is 22.7. The van der Waals surface area contributed by atoms with E-state index < -0.39 is 35.1 Å². The van der Waals surface area contributed by atoms with Crippen LogP contribution in [0, 0.1) is 11.8 Å². The molecule has 36 heavy (non-hydrogen) atoms. The van der Waals surface area contributed by atoms with Crippen LogP contribution in [0.25, 0.3) is 0 Å². The van der Waals surface area contributed by atoms with Crippen LogP contribution in [-0.4, -0.2) is 93.1 Å². The second kappa shape index (κ2) is 11.1. The third-order valence-electron chi connectivity index (χ3n) is 8.58. The summed E-state index contributed by atoms with van der Waals surface area (Å²) in [4.78, 5) is 47.6. The standard InChI is InChI=1S/C28H45N3O5/c1-8-15-29(16-9-2)24(33)21-22-25(34)31(20(11-4)18-32)23(26(35)30(17-10-3)19(6)7)28(22)14-13-27(21,12-5)36-28/h8,10,19-23,32H,1,3,9,11-18H2,2,4-7H3/t20-,21+,22-,23?,27-,28?/m0/s1. The fraction of sp³-hybridized carbons (Fsp3) is 0.750. The van der Waals surface area contributed by atoms with Gasteiger partial charge in [-0.05, 0) is 46.0 Å². The molecule has 0 aromatic rings. The Morgan fingerprint density at radius 1 is 1.17 bits per heavy atom. The maximum absolute atomic E-state index is 14.3. The van der Waals surface area contributed by atoms with E-state index in [0.717, 1.165) is 6.42 Å². The molecular formula is C28H45N3O5. The van der Waals surface area contributed by atoms with Gasteiger partial charge in [0.2, 0.25) is 17.7 Å². The van der Waals surface area contributed by atoms with Crippen molar-refractivity contribution in [2.45, 2.75) is 96.1 Å². The van der Waals surface area contributed by atoms with Gasteiger partial charge in [0, 0.05) is 25.7 Å². The molecule has 1 N–H and O–H groups in total. The minimum atomic E-state index is -1.09. The molecule has 2 bridgehead atoms. The van der Waals surface area contributed by atoms with E-state index >= 15 is 0 Å². The van der Waals surface area contributed by atoms with Crippen LogP contribution in [-0.2, 0) is 19.1 Å². The molecule has 0 radical (unpaired) electrons. The molecule has 3 rings (SSSR count).